The van der Waals surface area contributed by atoms with Crippen molar-refractivity contribution >= 4 is 11.3 Å². The maximum absolute atomic E-state index is 9.66. The van der Waals surface area contributed by atoms with Gasteiger partial charge in [-0.05, 0) is 26.7 Å². The second-order valence-corrected chi connectivity index (χ2v) is 5.86. The lowest BCUT2D eigenvalue weighted by atomic mass is 9.75. The van der Waals surface area contributed by atoms with Crippen molar-refractivity contribution < 1.29 is 5.11 Å². The largest absolute Gasteiger partial charge is 0.395 e. The highest BCUT2D eigenvalue weighted by Gasteiger charge is 2.36. The maximum atomic E-state index is 9.66. The van der Waals surface area contributed by atoms with Gasteiger partial charge in [0.25, 0.3) is 0 Å². The van der Waals surface area contributed by atoms with E-state index in [1.807, 2.05) is 0 Å². The number of hydrogen-bond donors (Lipinski definition) is 1. The predicted molar refractivity (Wildman–Crippen MR) is 63.4 cm³/mol. The highest BCUT2D eigenvalue weighted by atomic mass is 32.1. The van der Waals surface area contributed by atoms with E-state index in [1.54, 1.807) is 11.3 Å². The molecule has 3 heteroatoms. The molecule has 1 heterocycles. The van der Waals surface area contributed by atoms with Crippen LogP contribution in [0, 0.1) is 13.8 Å². The lowest BCUT2D eigenvalue weighted by Crippen LogP contribution is -2.32. The lowest BCUT2D eigenvalue weighted by molar-refractivity contribution is 0.151. The molecule has 2 nitrogen and oxygen atoms in total. The summed E-state index contributed by atoms with van der Waals surface area (Å²) in [5.74, 6) is 0. The Hall–Kier alpha value is -0.410. The van der Waals surface area contributed by atoms with Gasteiger partial charge < -0.3 is 5.11 Å². The Morgan fingerprint density at radius 2 is 1.93 bits per heavy atom. The highest BCUT2D eigenvalue weighted by molar-refractivity contribution is 7.11. The van der Waals surface area contributed by atoms with Gasteiger partial charge in [-0.25, -0.2) is 4.98 Å². The third-order valence-corrected chi connectivity index (χ3v) is 4.91. The van der Waals surface area contributed by atoms with Gasteiger partial charge in [0.05, 0.1) is 12.3 Å². The van der Waals surface area contributed by atoms with Gasteiger partial charge >= 0.3 is 0 Å². The summed E-state index contributed by atoms with van der Waals surface area (Å²) in [5.41, 5.74) is 1.12. The minimum Gasteiger partial charge on any atom is -0.395 e. The number of rotatable bonds is 2. The summed E-state index contributed by atoms with van der Waals surface area (Å²) in [5, 5.41) is 10.8. The number of thiazole rings is 1. The summed E-state index contributed by atoms with van der Waals surface area (Å²) in [6.45, 7) is 4.44. The van der Waals surface area contributed by atoms with Crippen LogP contribution in [0.2, 0.25) is 0 Å². The number of aryl methyl sites for hydroxylation is 2. The Morgan fingerprint density at radius 1 is 1.27 bits per heavy atom. The standard InChI is InChI=1S/C12H19NOS/c1-9-10(2)15-11(13-9)12(8-14)6-4-3-5-7-12/h14H,3-8H2,1-2H3. The quantitative estimate of drug-likeness (QED) is 0.839. The van der Waals surface area contributed by atoms with Gasteiger partial charge in [-0.1, -0.05) is 19.3 Å². The molecule has 0 unspecified atom stereocenters. The first-order valence-corrected chi connectivity index (χ1v) is 6.55. The normalized spacial score (nSPS) is 20.5. The second-order valence-electron chi connectivity index (χ2n) is 4.66. The Morgan fingerprint density at radius 3 is 2.40 bits per heavy atom. The number of nitrogens with zero attached hydrogens (tertiary/aromatic N) is 1. The minimum absolute atomic E-state index is 0.0120. The van der Waals surface area contributed by atoms with Crippen LogP contribution in [0.4, 0.5) is 0 Å². The van der Waals surface area contributed by atoms with Crippen LogP contribution >= 0.6 is 11.3 Å². The molecule has 1 fully saturated rings. The van der Waals surface area contributed by atoms with Gasteiger partial charge in [0.2, 0.25) is 0 Å². The molecule has 0 radical (unpaired) electrons. The fourth-order valence-corrected chi connectivity index (χ4v) is 3.52. The Bertz CT molecular complexity index is 320. The molecule has 1 aliphatic rings. The van der Waals surface area contributed by atoms with E-state index in [1.165, 1.54) is 29.1 Å². The molecule has 0 amide bonds. The van der Waals surface area contributed by atoms with E-state index in [2.05, 4.69) is 18.8 Å². The minimum atomic E-state index is -0.0120. The average molecular weight is 225 g/mol. The lowest BCUT2D eigenvalue weighted by Gasteiger charge is -2.33. The predicted octanol–water partition coefficient (Wildman–Crippen LogP) is 2.95. The third-order valence-electron chi connectivity index (χ3n) is 3.60. The van der Waals surface area contributed by atoms with Gasteiger partial charge in [0.15, 0.2) is 0 Å². The van der Waals surface area contributed by atoms with Crippen molar-refractivity contribution in [2.75, 3.05) is 6.61 Å². The van der Waals surface area contributed by atoms with E-state index in [0.29, 0.717) is 0 Å². The molecule has 0 saturated heterocycles. The molecule has 15 heavy (non-hydrogen) atoms. The van der Waals surface area contributed by atoms with Crippen LogP contribution < -0.4 is 0 Å². The van der Waals surface area contributed by atoms with Crippen molar-refractivity contribution in [2.24, 2.45) is 0 Å². The number of aliphatic hydroxyl groups is 1. The first-order valence-electron chi connectivity index (χ1n) is 5.73. The molecule has 0 aliphatic heterocycles. The van der Waals surface area contributed by atoms with Crippen LogP contribution in [0.5, 0.6) is 0 Å². The summed E-state index contributed by atoms with van der Waals surface area (Å²) in [6, 6.07) is 0. The van der Waals surface area contributed by atoms with Gasteiger partial charge in [-0.15, -0.1) is 11.3 Å². The van der Waals surface area contributed by atoms with Crippen LogP contribution in [0.25, 0.3) is 0 Å². The van der Waals surface area contributed by atoms with Gasteiger partial charge in [-0.3, -0.25) is 0 Å². The fourth-order valence-electron chi connectivity index (χ4n) is 2.37. The van der Waals surface area contributed by atoms with Crippen LogP contribution in [0.1, 0.15) is 47.7 Å². The molecule has 0 atom stereocenters. The van der Waals surface area contributed by atoms with Crippen molar-refractivity contribution in [3.63, 3.8) is 0 Å². The number of hydrogen-bond acceptors (Lipinski definition) is 3. The fraction of sp³-hybridized carbons (Fsp3) is 0.750. The Kier molecular flexibility index (Phi) is 3.12. The van der Waals surface area contributed by atoms with Crippen molar-refractivity contribution in [1.29, 1.82) is 0 Å². The third kappa shape index (κ3) is 1.95. The molecule has 1 N–H and O–H groups in total. The molecule has 1 aromatic heterocycles. The molecule has 1 saturated carbocycles. The van der Waals surface area contributed by atoms with Crippen LogP contribution in [0.15, 0.2) is 0 Å². The number of aromatic nitrogens is 1. The summed E-state index contributed by atoms with van der Waals surface area (Å²) in [4.78, 5) is 5.93. The summed E-state index contributed by atoms with van der Waals surface area (Å²) < 4.78 is 0. The summed E-state index contributed by atoms with van der Waals surface area (Å²) >= 11 is 1.77. The topological polar surface area (TPSA) is 33.1 Å². The average Bonchev–Trinajstić information content (AvgIpc) is 2.61. The highest BCUT2D eigenvalue weighted by Crippen LogP contribution is 2.41. The molecule has 0 bridgehead atoms. The van der Waals surface area contributed by atoms with Gasteiger partial charge in [0, 0.05) is 10.3 Å². The first kappa shape index (κ1) is 11.1. The van der Waals surface area contributed by atoms with Crippen LogP contribution in [-0.2, 0) is 5.41 Å². The molecule has 2 rings (SSSR count). The number of aliphatic hydroxyl groups excluding tert-OH is 1. The smallest absolute Gasteiger partial charge is 0.102 e. The van der Waals surface area contributed by atoms with Crippen molar-refractivity contribution in [3.05, 3.63) is 15.6 Å². The zero-order valence-corrected chi connectivity index (χ0v) is 10.4. The van der Waals surface area contributed by atoms with E-state index in [-0.39, 0.29) is 12.0 Å². The Balaban J connectivity index is 2.32. The summed E-state index contributed by atoms with van der Waals surface area (Å²) in [7, 11) is 0. The summed E-state index contributed by atoms with van der Waals surface area (Å²) in [6.07, 6.45) is 5.99. The Labute approximate surface area is 95.4 Å². The molecular weight excluding hydrogens is 206 g/mol. The first-order chi connectivity index (χ1) is 7.18. The van der Waals surface area contributed by atoms with Crippen molar-refractivity contribution in [3.8, 4) is 0 Å². The molecule has 1 aromatic rings. The van der Waals surface area contributed by atoms with E-state index < -0.39 is 0 Å². The zero-order chi connectivity index (χ0) is 10.9. The molecule has 84 valence electrons. The molecule has 0 aromatic carbocycles. The molecule has 0 spiro atoms. The monoisotopic (exact) mass is 225 g/mol. The van der Waals surface area contributed by atoms with E-state index >= 15 is 0 Å². The van der Waals surface area contributed by atoms with Gasteiger partial charge in [-0.2, -0.15) is 0 Å². The van der Waals surface area contributed by atoms with Crippen LogP contribution in [0.3, 0.4) is 0 Å². The van der Waals surface area contributed by atoms with Crippen molar-refractivity contribution in [1.82, 2.24) is 4.98 Å². The van der Waals surface area contributed by atoms with Crippen LogP contribution in [-0.4, -0.2) is 16.7 Å². The molecule has 1 aliphatic carbocycles. The maximum Gasteiger partial charge on any atom is 0.102 e. The zero-order valence-electron chi connectivity index (χ0n) is 9.55. The SMILES string of the molecule is Cc1nc(C2(CO)CCCCC2)sc1C. The van der Waals surface area contributed by atoms with E-state index in [9.17, 15) is 5.11 Å². The second kappa shape index (κ2) is 4.22. The molecular formula is C12H19NOS. The van der Waals surface area contributed by atoms with E-state index in [0.717, 1.165) is 18.5 Å². The van der Waals surface area contributed by atoms with E-state index in [4.69, 9.17) is 0 Å². The van der Waals surface area contributed by atoms with Gasteiger partial charge in [0.1, 0.15) is 5.01 Å². The van der Waals surface area contributed by atoms with Crippen molar-refractivity contribution in [2.45, 2.75) is 51.4 Å².